The Bertz CT molecular complexity index is 1130. The lowest BCUT2D eigenvalue weighted by atomic mass is 9.97. The summed E-state index contributed by atoms with van der Waals surface area (Å²) in [5.41, 5.74) is -0.887. The van der Waals surface area contributed by atoms with E-state index in [2.05, 4.69) is 19.2 Å². The molecule has 0 atom stereocenters. The lowest BCUT2D eigenvalue weighted by Crippen LogP contribution is -2.18. The summed E-state index contributed by atoms with van der Waals surface area (Å²) >= 11 is 0. The van der Waals surface area contributed by atoms with Gasteiger partial charge in [0.2, 0.25) is 0 Å². The molecule has 3 rings (SSSR count). The number of pyridine rings is 1. The molecular formula is C21H13F6NO4. The van der Waals surface area contributed by atoms with E-state index in [1.807, 2.05) is 0 Å². The quantitative estimate of drug-likeness (QED) is 0.348. The average Bonchev–Trinajstić information content (AvgIpc) is 2.71. The molecule has 0 unspecified atom stereocenters. The van der Waals surface area contributed by atoms with E-state index in [1.165, 1.54) is 48.5 Å². The molecule has 0 radical (unpaired) electrons. The number of carbonyl (C=O) groups excluding carboxylic acids is 1. The lowest BCUT2D eigenvalue weighted by Gasteiger charge is -2.18. The van der Waals surface area contributed by atoms with Crippen LogP contribution < -0.4 is 9.47 Å². The maximum absolute atomic E-state index is 12.9. The molecule has 0 fully saturated rings. The van der Waals surface area contributed by atoms with Crippen LogP contribution in [0.25, 0.3) is 22.4 Å². The number of halogens is 6. The zero-order chi connectivity index (χ0) is 23.5. The minimum atomic E-state index is -5.05. The predicted molar refractivity (Wildman–Crippen MR) is 99.8 cm³/mol. The molecule has 32 heavy (non-hydrogen) atoms. The number of rotatable bonds is 5. The van der Waals surface area contributed by atoms with Crippen LogP contribution in [0.15, 0.2) is 60.7 Å². The summed E-state index contributed by atoms with van der Waals surface area (Å²) in [7, 11) is 1.07. The van der Waals surface area contributed by atoms with Crippen molar-refractivity contribution >= 4 is 5.97 Å². The largest absolute Gasteiger partial charge is 0.573 e. The minimum Gasteiger partial charge on any atom is -0.464 e. The van der Waals surface area contributed by atoms with Crippen molar-refractivity contribution in [1.82, 2.24) is 4.98 Å². The number of benzene rings is 2. The smallest absolute Gasteiger partial charge is 0.464 e. The third-order valence-corrected chi connectivity index (χ3v) is 4.06. The van der Waals surface area contributed by atoms with Gasteiger partial charge < -0.3 is 14.2 Å². The van der Waals surface area contributed by atoms with Crippen LogP contribution in [0, 0.1) is 0 Å². The zero-order valence-electron chi connectivity index (χ0n) is 16.1. The van der Waals surface area contributed by atoms with Gasteiger partial charge in [0.15, 0.2) is 0 Å². The minimum absolute atomic E-state index is 0.0317. The molecule has 0 aliphatic carbocycles. The topological polar surface area (TPSA) is 57.7 Å². The predicted octanol–water partition coefficient (Wildman–Crippen LogP) is 6.00. The summed E-state index contributed by atoms with van der Waals surface area (Å²) in [4.78, 5) is 16.0. The van der Waals surface area contributed by atoms with Gasteiger partial charge in [0.25, 0.3) is 0 Å². The Kier molecular flexibility index (Phi) is 6.28. The number of alkyl halides is 6. The van der Waals surface area contributed by atoms with Gasteiger partial charge in [-0.3, -0.25) is 0 Å². The number of para-hydroxylation sites is 2. The van der Waals surface area contributed by atoms with Crippen LogP contribution in [-0.2, 0) is 4.74 Å². The number of hydrogen-bond acceptors (Lipinski definition) is 5. The Balaban J connectivity index is 2.27. The summed E-state index contributed by atoms with van der Waals surface area (Å²) in [6.45, 7) is 0. The van der Waals surface area contributed by atoms with Crippen molar-refractivity contribution in [1.29, 1.82) is 0 Å². The van der Waals surface area contributed by atoms with Crippen molar-refractivity contribution in [3.05, 3.63) is 66.4 Å². The maximum atomic E-state index is 12.9. The lowest BCUT2D eigenvalue weighted by molar-refractivity contribution is -0.275. The van der Waals surface area contributed by atoms with E-state index in [-0.39, 0.29) is 28.1 Å². The van der Waals surface area contributed by atoms with E-state index in [0.29, 0.717) is 0 Å². The molecule has 2 aromatic carbocycles. The van der Waals surface area contributed by atoms with Crippen molar-refractivity contribution in [2.45, 2.75) is 12.7 Å². The molecule has 5 nitrogen and oxygen atoms in total. The fourth-order valence-electron chi connectivity index (χ4n) is 2.88. The average molecular weight is 457 g/mol. The normalized spacial score (nSPS) is 11.7. The molecule has 0 bridgehead atoms. The first-order valence-corrected chi connectivity index (χ1v) is 8.78. The first kappa shape index (κ1) is 22.9. The molecule has 0 aliphatic rings. The van der Waals surface area contributed by atoms with Crippen LogP contribution in [0.3, 0.4) is 0 Å². The Morgan fingerprint density at radius 2 is 1.22 bits per heavy atom. The number of ether oxygens (including phenoxy) is 3. The number of esters is 1. The third-order valence-electron chi connectivity index (χ3n) is 4.06. The molecular weight excluding hydrogens is 444 g/mol. The summed E-state index contributed by atoms with van der Waals surface area (Å²) in [6, 6.07) is 12.3. The van der Waals surface area contributed by atoms with Crippen LogP contribution in [0.5, 0.6) is 11.5 Å². The highest BCUT2D eigenvalue weighted by Crippen LogP contribution is 2.42. The molecule has 0 amide bonds. The van der Waals surface area contributed by atoms with Crippen molar-refractivity contribution in [2.24, 2.45) is 0 Å². The van der Waals surface area contributed by atoms with E-state index in [9.17, 15) is 31.1 Å². The standard InChI is InChI=1S/C21H13F6NO4/c1-30-19(29)15-11-10-13(12-6-2-4-8-16(12)31-20(22,23)24)18(28-15)14-7-3-5-9-17(14)32-21(25,26)27/h2-11H,1H3. The van der Waals surface area contributed by atoms with E-state index in [4.69, 9.17) is 0 Å². The van der Waals surface area contributed by atoms with Gasteiger partial charge in [-0.25, -0.2) is 9.78 Å². The van der Waals surface area contributed by atoms with Crippen molar-refractivity contribution in [2.75, 3.05) is 7.11 Å². The second-order valence-corrected chi connectivity index (χ2v) is 6.17. The number of nitrogens with zero attached hydrogens (tertiary/aromatic N) is 1. The first-order valence-electron chi connectivity index (χ1n) is 8.78. The molecule has 0 spiro atoms. The van der Waals surface area contributed by atoms with E-state index in [0.717, 1.165) is 19.2 Å². The number of hydrogen-bond donors (Lipinski definition) is 0. The van der Waals surface area contributed by atoms with Gasteiger partial charge in [-0.15, -0.1) is 26.3 Å². The van der Waals surface area contributed by atoms with E-state index in [1.54, 1.807) is 0 Å². The van der Waals surface area contributed by atoms with Gasteiger partial charge in [0.1, 0.15) is 17.2 Å². The van der Waals surface area contributed by atoms with E-state index >= 15 is 0 Å². The first-order chi connectivity index (χ1) is 15.0. The Labute approximate surface area is 177 Å². The summed E-state index contributed by atoms with van der Waals surface area (Å²) in [6.07, 6.45) is -10.1. The third kappa shape index (κ3) is 5.48. The van der Waals surface area contributed by atoms with Crippen LogP contribution in [-0.4, -0.2) is 30.8 Å². The Hall–Kier alpha value is -3.76. The van der Waals surface area contributed by atoms with Gasteiger partial charge in [0.05, 0.1) is 12.8 Å². The van der Waals surface area contributed by atoms with Gasteiger partial charge in [0, 0.05) is 16.7 Å². The van der Waals surface area contributed by atoms with Crippen LogP contribution in [0.2, 0.25) is 0 Å². The molecule has 3 aromatic rings. The number of carbonyl (C=O) groups is 1. The van der Waals surface area contributed by atoms with Crippen LogP contribution >= 0.6 is 0 Å². The fraction of sp³-hybridized carbons (Fsp3) is 0.143. The number of aromatic nitrogens is 1. The maximum Gasteiger partial charge on any atom is 0.573 e. The Morgan fingerprint density at radius 3 is 1.75 bits per heavy atom. The Morgan fingerprint density at radius 1 is 0.719 bits per heavy atom. The van der Waals surface area contributed by atoms with Gasteiger partial charge in [-0.05, 0) is 30.3 Å². The van der Waals surface area contributed by atoms with Crippen molar-refractivity contribution in [3.8, 4) is 33.9 Å². The van der Waals surface area contributed by atoms with Crippen LogP contribution in [0.1, 0.15) is 10.5 Å². The zero-order valence-corrected chi connectivity index (χ0v) is 16.1. The fourth-order valence-corrected chi connectivity index (χ4v) is 2.88. The second kappa shape index (κ2) is 8.77. The SMILES string of the molecule is COC(=O)c1ccc(-c2ccccc2OC(F)(F)F)c(-c2ccccc2OC(F)(F)F)n1. The van der Waals surface area contributed by atoms with Crippen molar-refractivity contribution < 1.29 is 45.3 Å². The van der Waals surface area contributed by atoms with E-state index < -0.39 is 30.2 Å². The number of methoxy groups -OCH3 is 1. The summed E-state index contributed by atoms with van der Waals surface area (Å²) in [5, 5.41) is 0. The highest BCUT2D eigenvalue weighted by Gasteiger charge is 2.34. The molecule has 0 aliphatic heterocycles. The molecule has 0 saturated heterocycles. The molecule has 1 heterocycles. The van der Waals surface area contributed by atoms with Gasteiger partial charge in [-0.2, -0.15) is 0 Å². The molecule has 0 saturated carbocycles. The molecule has 0 N–H and O–H groups in total. The summed E-state index contributed by atoms with van der Waals surface area (Å²) in [5.74, 6) is -2.17. The molecule has 11 heteroatoms. The van der Waals surface area contributed by atoms with Gasteiger partial charge in [-0.1, -0.05) is 30.3 Å². The molecule has 1 aromatic heterocycles. The highest BCUT2D eigenvalue weighted by atomic mass is 19.4. The van der Waals surface area contributed by atoms with Gasteiger partial charge >= 0.3 is 18.7 Å². The van der Waals surface area contributed by atoms with Crippen LogP contribution in [0.4, 0.5) is 26.3 Å². The summed E-state index contributed by atoms with van der Waals surface area (Å²) < 4.78 is 90.1. The van der Waals surface area contributed by atoms with Crippen molar-refractivity contribution in [3.63, 3.8) is 0 Å². The monoisotopic (exact) mass is 457 g/mol. The highest BCUT2D eigenvalue weighted by molar-refractivity contribution is 5.92. The molecule has 168 valence electrons. The second-order valence-electron chi connectivity index (χ2n) is 6.17.